The summed E-state index contributed by atoms with van der Waals surface area (Å²) in [4.78, 5) is 10.0. The molecule has 1 amide bonds. The van der Waals surface area contributed by atoms with Gasteiger partial charge in [-0.3, -0.25) is 0 Å². The van der Waals surface area contributed by atoms with Crippen LogP contribution in [0.3, 0.4) is 0 Å². The van der Waals surface area contributed by atoms with E-state index in [4.69, 9.17) is 0 Å². The van der Waals surface area contributed by atoms with Crippen LogP contribution in [0.15, 0.2) is 0 Å². The summed E-state index contributed by atoms with van der Waals surface area (Å²) in [7, 11) is 0. The van der Waals surface area contributed by atoms with Crippen molar-refractivity contribution in [3.8, 4) is 0 Å². The zero-order valence-corrected chi connectivity index (χ0v) is 6.19. The molecule has 0 aromatic rings. The first-order valence-electron chi connectivity index (χ1n) is 2.52. The molecule has 0 spiro atoms. The van der Waals surface area contributed by atoms with Crippen molar-refractivity contribution in [1.29, 1.82) is 0 Å². The molecule has 56 valence electrons. The Bertz CT molecular complexity index is 124. The molecule has 10 heavy (non-hydrogen) atoms. The fourth-order valence-corrected chi connectivity index (χ4v) is 0.472. The molecule has 0 rings (SSSR count). The summed E-state index contributed by atoms with van der Waals surface area (Å²) in [6.45, 7) is -0.355. The Kier molecular flexibility index (Phi) is 3.76. The summed E-state index contributed by atoms with van der Waals surface area (Å²) < 4.78 is 33.5. The van der Waals surface area contributed by atoms with Gasteiger partial charge in [0.05, 0.1) is 11.2 Å². The number of alkyl halides is 3. The molecule has 0 saturated heterocycles. The second-order valence-corrected chi connectivity index (χ2v) is 2.18. The van der Waals surface area contributed by atoms with Crippen LogP contribution in [0.4, 0.5) is 18.0 Å². The van der Waals surface area contributed by atoms with E-state index in [2.05, 4.69) is 0 Å². The molecule has 0 aromatic carbocycles. The van der Waals surface area contributed by atoms with Crippen LogP contribution in [0.2, 0.25) is 0 Å². The van der Waals surface area contributed by atoms with Crippen LogP contribution in [0, 0.1) is 0 Å². The van der Waals surface area contributed by atoms with Gasteiger partial charge < -0.3 is 10.1 Å². The van der Waals surface area contributed by atoms with Crippen molar-refractivity contribution in [2.75, 3.05) is 6.54 Å². The number of amides is 1. The van der Waals surface area contributed by atoms with Crippen molar-refractivity contribution >= 4 is 21.1 Å². The molecule has 0 aliphatic heterocycles. The van der Waals surface area contributed by atoms with Crippen LogP contribution < -0.4 is 5.32 Å². The van der Waals surface area contributed by atoms with Crippen molar-refractivity contribution in [1.82, 2.24) is 5.32 Å². The fraction of sp³-hybridized carbons (Fsp3) is 0.750. The Morgan fingerprint density at radius 2 is 2.00 bits per heavy atom. The van der Waals surface area contributed by atoms with E-state index >= 15 is 0 Å². The molecule has 6 heteroatoms. The molecule has 0 aliphatic rings. The zero-order chi connectivity index (χ0) is 8.20. The van der Waals surface area contributed by atoms with E-state index in [9.17, 15) is 18.0 Å². The predicted molar refractivity (Wildman–Crippen MR) is 29.8 cm³/mol. The lowest BCUT2D eigenvalue weighted by atomic mass is 10.4. The molecule has 0 atom stereocenters. The number of hydrogen-bond acceptors (Lipinski definition) is 1. The van der Waals surface area contributed by atoms with Gasteiger partial charge in [0.15, 0.2) is 0 Å². The van der Waals surface area contributed by atoms with Gasteiger partial charge in [-0.25, -0.2) is 0 Å². The quantitative estimate of drug-likeness (QED) is 0.606. The first kappa shape index (κ1) is 9.79. The maximum absolute atomic E-state index is 11.3. The van der Waals surface area contributed by atoms with Crippen LogP contribution in [0.25, 0.3) is 0 Å². The normalized spacial score (nSPS) is 11.1. The zero-order valence-electron chi connectivity index (χ0n) is 5.03. The molecular formula is C4H5AlF3NO. The van der Waals surface area contributed by atoms with Gasteiger partial charge in [0, 0.05) is 6.54 Å². The topological polar surface area (TPSA) is 29.1 Å². The van der Waals surface area contributed by atoms with E-state index in [1.54, 1.807) is 16.3 Å². The first-order chi connectivity index (χ1) is 4.42. The minimum atomic E-state index is -4.19. The van der Waals surface area contributed by atoms with Crippen molar-refractivity contribution in [2.45, 2.75) is 12.6 Å². The van der Waals surface area contributed by atoms with Crippen LogP contribution in [-0.2, 0) is 0 Å². The lowest BCUT2D eigenvalue weighted by Gasteiger charge is -2.05. The van der Waals surface area contributed by atoms with E-state index in [-0.39, 0.29) is 6.54 Å². The van der Waals surface area contributed by atoms with E-state index in [0.717, 1.165) is 0 Å². The van der Waals surface area contributed by atoms with Gasteiger partial charge in [-0.2, -0.15) is 13.2 Å². The van der Waals surface area contributed by atoms with Crippen LogP contribution in [0.5, 0.6) is 0 Å². The second kappa shape index (κ2) is 3.84. The van der Waals surface area contributed by atoms with E-state index in [1.807, 2.05) is 5.32 Å². The molecule has 0 aromatic heterocycles. The molecule has 2 radical (unpaired) electrons. The third kappa shape index (κ3) is 7.79. The van der Waals surface area contributed by atoms with Gasteiger partial charge in [0.2, 0.25) is 0 Å². The summed E-state index contributed by atoms with van der Waals surface area (Å²) in [5.41, 5.74) is 0. The van der Waals surface area contributed by atoms with Gasteiger partial charge in [0.25, 0.3) is 16.3 Å². The monoisotopic (exact) mass is 167 g/mol. The number of nitrogens with one attached hydrogen (secondary N) is 1. The maximum Gasteiger partial charge on any atom is 0.390 e. The highest BCUT2D eigenvalue weighted by atomic mass is 27.0. The standard InChI is InChI=1S/C4H5F3NO.Al/c5-4(6,7)1-2-8-3-9;/h1-2H2,(H,8,9);. The Hall–Kier alpha value is -0.208. The Labute approximate surface area is 64.2 Å². The average Bonchev–Trinajstić information content (AvgIpc) is 1.59. The highest BCUT2D eigenvalue weighted by molar-refractivity contribution is 6.57. The Morgan fingerprint density at radius 1 is 1.50 bits per heavy atom. The molecule has 0 saturated carbocycles. The summed E-state index contributed by atoms with van der Waals surface area (Å²) in [5.74, 6) is 0. The highest BCUT2D eigenvalue weighted by Gasteiger charge is 2.25. The third-order valence-corrected chi connectivity index (χ3v) is 0.912. The minimum Gasteiger partial charge on any atom is -0.374 e. The van der Waals surface area contributed by atoms with Gasteiger partial charge in [0.1, 0.15) is 0 Å². The van der Waals surface area contributed by atoms with E-state index in [1.165, 1.54) is 0 Å². The van der Waals surface area contributed by atoms with Crippen LogP contribution in [-0.4, -0.2) is 33.8 Å². The molecule has 1 N–H and O–H groups in total. The van der Waals surface area contributed by atoms with Crippen molar-refractivity contribution in [2.24, 2.45) is 0 Å². The summed E-state index contributed by atoms with van der Waals surface area (Å²) in [6, 6.07) is 0. The van der Waals surface area contributed by atoms with Gasteiger partial charge in [-0.1, -0.05) is 0 Å². The molecule has 0 aliphatic carbocycles. The lowest BCUT2D eigenvalue weighted by molar-refractivity contribution is -0.132. The van der Waals surface area contributed by atoms with Gasteiger partial charge >= 0.3 is 6.18 Å². The van der Waals surface area contributed by atoms with Crippen molar-refractivity contribution < 1.29 is 18.0 Å². The van der Waals surface area contributed by atoms with Crippen LogP contribution in [0.1, 0.15) is 6.42 Å². The minimum absolute atomic E-state index is 0.355. The first-order valence-corrected chi connectivity index (χ1v) is 3.09. The van der Waals surface area contributed by atoms with Crippen LogP contribution >= 0.6 is 0 Å². The number of halogens is 3. The average molecular weight is 167 g/mol. The lowest BCUT2D eigenvalue weighted by Crippen LogP contribution is -2.26. The molecule has 0 heterocycles. The number of carbonyl (C=O) groups is 1. The Balaban J connectivity index is 3.29. The van der Waals surface area contributed by atoms with Crippen molar-refractivity contribution in [3.63, 3.8) is 0 Å². The highest BCUT2D eigenvalue weighted by Crippen LogP contribution is 2.17. The van der Waals surface area contributed by atoms with E-state index < -0.39 is 17.4 Å². The fourth-order valence-electron chi connectivity index (χ4n) is 0.327. The van der Waals surface area contributed by atoms with Gasteiger partial charge in [-0.05, 0) is 0 Å². The molecule has 0 fully saturated rings. The molecular weight excluding hydrogens is 162 g/mol. The number of rotatable bonds is 2. The maximum atomic E-state index is 11.3. The second-order valence-electron chi connectivity index (χ2n) is 1.66. The van der Waals surface area contributed by atoms with Gasteiger partial charge in [-0.15, -0.1) is 0 Å². The Morgan fingerprint density at radius 3 is 2.30 bits per heavy atom. The smallest absolute Gasteiger partial charge is 0.374 e. The van der Waals surface area contributed by atoms with Crippen molar-refractivity contribution in [3.05, 3.63) is 0 Å². The predicted octanol–water partition coefficient (Wildman–Crippen LogP) is 0.817. The summed E-state index contributed by atoms with van der Waals surface area (Å²) >= 11 is 1.73. The largest absolute Gasteiger partial charge is 0.390 e. The number of hydrogen-bond donors (Lipinski definition) is 1. The molecule has 2 nitrogen and oxygen atoms in total. The summed E-state index contributed by atoms with van der Waals surface area (Å²) in [6.07, 6.45) is -5.17. The SMILES string of the molecule is O=[C]([Al])NCCC(F)(F)F. The molecule has 0 unspecified atom stereocenters. The molecule has 0 bridgehead atoms. The summed E-state index contributed by atoms with van der Waals surface area (Å²) in [5, 5.41) is 2.01. The number of carbonyl (C=O) groups excluding carboxylic acids is 1. The third-order valence-electron chi connectivity index (χ3n) is 0.708. The van der Waals surface area contributed by atoms with E-state index in [0.29, 0.717) is 0 Å².